The molecule has 0 aliphatic rings. The molecule has 1 radical (unpaired) electrons. The average Bonchev–Trinajstić information content (AvgIpc) is 2.26. The molecule has 1 rings (SSSR count). The van der Waals surface area contributed by atoms with Gasteiger partial charge in [-0.25, -0.2) is 0 Å². The van der Waals surface area contributed by atoms with Crippen LogP contribution in [0.4, 0.5) is 5.69 Å². The van der Waals surface area contributed by atoms with Gasteiger partial charge in [0.05, 0.1) is 22.4 Å². The quantitative estimate of drug-likeness (QED) is 0.674. The number of nitrogens with zero attached hydrogens (tertiary/aromatic N) is 4. The highest BCUT2D eigenvalue weighted by atomic mass is 15.1. The van der Waals surface area contributed by atoms with Gasteiger partial charge >= 0.3 is 0 Å². The molecule has 0 aliphatic carbocycles. The summed E-state index contributed by atoms with van der Waals surface area (Å²) in [7, 11) is 3.43. The van der Waals surface area contributed by atoms with E-state index in [0.717, 1.165) is 0 Å². The average molecular weight is 195 g/mol. The number of benzene rings is 1. The number of hydrogen-bond donors (Lipinski definition) is 0. The van der Waals surface area contributed by atoms with E-state index < -0.39 is 0 Å². The molecular weight excluding hydrogens is 188 g/mol. The molecule has 0 atom stereocenters. The summed E-state index contributed by atoms with van der Waals surface area (Å²) in [6, 6.07) is 9.84. The van der Waals surface area contributed by atoms with Crippen LogP contribution in [0.3, 0.4) is 0 Å². The summed E-state index contributed by atoms with van der Waals surface area (Å²) < 4.78 is 0. The van der Waals surface area contributed by atoms with Crippen LogP contribution < -0.4 is 4.90 Å². The van der Waals surface area contributed by atoms with E-state index in [1.807, 2.05) is 18.2 Å². The van der Waals surface area contributed by atoms with Crippen LogP contribution in [0.15, 0.2) is 6.07 Å². The van der Waals surface area contributed by atoms with Gasteiger partial charge in [-0.05, 0) is 6.07 Å². The van der Waals surface area contributed by atoms with E-state index in [2.05, 4.69) is 6.07 Å². The van der Waals surface area contributed by atoms with Crippen LogP contribution >= 0.6 is 0 Å². The molecule has 0 heterocycles. The third-order valence-electron chi connectivity index (χ3n) is 1.90. The second kappa shape index (κ2) is 4.13. The second-order valence-corrected chi connectivity index (χ2v) is 3.03. The molecule has 0 saturated carbocycles. The number of rotatable bonds is 1. The minimum atomic E-state index is 0.220. The largest absolute Gasteiger partial charge is 0.375 e. The molecule has 0 saturated heterocycles. The smallest absolute Gasteiger partial charge is 0.103 e. The second-order valence-electron chi connectivity index (χ2n) is 3.03. The van der Waals surface area contributed by atoms with Crippen LogP contribution in [0.1, 0.15) is 16.7 Å². The third-order valence-corrected chi connectivity index (χ3v) is 1.90. The Kier molecular flexibility index (Phi) is 2.91. The lowest BCUT2D eigenvalue weighted by molar-refractivity contribution is 1.11. The van der Waals surface area contributed by atoms with Crippen LogP contribution in [-0.2, 0) is 0 Å². The van der Waals surface area contributed by atoms with Gasteiger partial charge in [-0.3, -0.25) is 0 Å². The van der Waals surface area contributed by atoms with E-state index in [1.165, 1.54) is 6.07 Å². The summed E-state index contributed by atoms with van der Waals surface area (Å²) in [5.74, 6) is 0. The minimum absolute atomic E-state index is 0.220. The zero-order valence-corrected chi connectivity index (χ0v) is 8.37. The Morgan fingerprint density at radius 2 is 1.80 bits per heavy atom. The topological polar surface area (TPSA) is 74.6 Å². The highest BCUT2D eigenvalue weighted by Gasteiger charge is 2.14. The van der Waals surface area contributed by atoms with Gasteiger partial charge in [-0.2, -0.15) is 15.8 Å². The van der Waals surface area contributed by atoms with Gasteiger partial charge in [0.2, 0.25) is 0 Å². The Morgan fingerprint density at radius 1 is 1.13 bits per heavy atom. The zero-order chi connectivity index (χ0) is 11.4. The molecule has 1 aromatic rings. The highest BCUT2D eigenvalue weighted by Crippen LogP contribution is 2.25. The summed E-state index contributed by atoms with van der Waals surface area (Å²) >= 11 is 0. The summed E-state index contributed by atoms with van der Waals surface area (Å²) in [4.78, 5) is 1.63. The van der Waals surface area contributed by atoms with E-state index in [-0.39, 0.29) is 16.7 Å². The van der Waals surface area contributed by atoms with Crippen LogP contribution in [0.2, 0.25) is 0 Å². The molecule has 0 amide bonds. The van der Waals surface area contributed by atoms with E-state index in [0.29, 0.717) is 5.69 Å². The Morgan fingerprint density at radius 3 is 2.20 bits per heavy atom. The van der Waals surface area contributed by atoms with Crippen molar-refractivity contribution in [2.75, 3.05) is 19.0 Å². The van der Waals surface area contributed by atoms with Crippen molar-refractivity contribution in [3.05, 3.63) is 28.8 Å². The first-order valence-corrected chi connectivity index (χ1v) is 4.12. The molecule has 1 aromatic carbocycles. The first-order valence-electron chi connectivity index (χ1n) is 4.12. The lowest BCUT2D eigenvalue weighted by atomic mass is 10.0. The van der Waals surface area contributed by atoms with Gasteiger partial charge in [0.1, 0.15) is 18.2 Å². The molecule has 0 fully saturated rings. The number of hydrogen-bond acceptors (Lipinski definition) is 4. The van der Waals surface area contributed by atoms with Crippen LogP contribution in [0, 0.1) is 40.1 Å². The summed E-state index contributed by atoms with van der Waals surface area (Å²) in [5.41, 5.74) is 1.17. The summed E-state index contributed by atoms with van der Waals surface area (Å²) in [5, 5.41) is 26.6. The van der Waals surface area contributed by atoms with Gasteiger partial charge in [-0.1, -0.05) is 0 Å². The molecule has 71 valence electrons. The fraction of sp³-hybridized carbons (Fsp3) is 0.182. The molecule has 0 spiro atoms. The fourth-order valence-electron chi connectivity index (χ4n) is 1.27. The van der Waals surface area contributed by atoms with Crippen LogP contribution in [-0.4, -0.2) is 14.1 Å². The summed E-state index contributed by atoms with van der Waals surface area (Å²) in [6.07, 6.45) is 0. The van der Waals surface area contributed by atoms with Crippen molar-refractivity contribution in [1.29, 1.82) is 15.8 Å². The Bertz CT molecular complexity index is 509. The van der Waals surface area contributed by atoms with E-state index in [1.54, 1.807) is 19.0 Å². The lowest BCUT2D eigenvalue weighted by Crippen LogP contribution is -2.13. The highest BCUT2D eigenvalue weighted by molar-refractivity contribution is 5.71. The Balaban J connectivity index is 3.65. The molecule has 0 aromatic heterocycles. The zero-order valence-electron chi connectivity index (χ0n) is 8.37. The van der Waals surface area contributed by atoms with E-state index in [9.17, 15) is 0 Å². The molecular formula is C11H7N4. The number of nitriles is 3. The first-order chi connectivity index (χ1) is 7.15. The predicted molar refractivity (Wildman–Crippen MR) is 53.8 cm³/mol. The van der Waals surface area contributed by atoms with Crippen molar-refractivity contribution in [1.82, 2.24) is 0 Å². The Labute approximate surface area is 88.2 Å². The normalized spacial score (nSPS) is 8.47. The SMILES string of the molecule is CN(C)c1c(C#N)[c]cc(C#N)c1C#N. The maximum absolute atomic E-state index is 8.95. The lowest BCUT2D eigenvalue weighted by Gasteiger charge is -2.16. The van der Waals surface area contributed by atoms with Crippen LogP contribution in [0.5, 0.6) is 0 Å². The van der Waals surface area contributed by atoms with Crippen molar-refractivity contribution in [3.63, 3.8) is 0 Å². The maximum Gasteiger partial charge on any atom is 0.103 e. The van der Waals surface area contributed by atoms with Crippen molar-refractivity contribution in [2.45, 2.75) is 0 Å². The molecule has 0 bridgehead atoms. The van der Waals surface area contributed by atoms with Gasteiger partial charge < -0.3 is 4.90 Å². The van der Waals surface area contributed by atoms with Crippen molar-refractivity contribution < 1.29 is 0 Å². The van der Waals surface area contributed by atoms with Gasteiger partial charge in [0.15, 0.2) is 0 Å². The minimum Gasteiger partial charge on any atom is -0.375 e. The molecule has 0 unspecified atom stereocenters. The van der Waals surface area contributed by atoms with Crippen molar-refractivity contribution in [2.24, 2.45) is 0 Å². The van der Waals surface area contributed by atoms with E-state index in [4.69, 9.17) is 15.8 Å². The molecule has 15 heavy (non-hydrogen) atoms. The monoisotopic (exact) mass is 195 g/mol. The van der Waals surface area contributed by atoms with Crippen LogP contribution in [0.25, 0.3) is 0 Å². The van der Waals surface area contributed by atoms with Crippen molar-refractivity contribution in [3.8, 4) is 18.2 Å². The molecule has 4 nitrogen and oxygen atoms in total. The molecule has 4 heteroatoms. The van der Waals surface area contributed by atoms with Gasteiger partial charge in [0.25, 0.3) is 0 Å². The van der Waals surface area contributed by atoms with Crippen molar-refractivity contribution >= 4 is 5.69 Å². The predicted octanol–water partition coefficient (Wildman–Crippen LogP) is 1.17. The maximum atomic E-state index is 8.95. The Hall–Kier alpha value is -2.51. The van der Waals surface area contributed by atoms with E-state index >= 15 is 0 Å². The van der Waals surface area contributed by atoms with Gasteiger partial charge in [0, 0.05) is 20.2 Å². The fourth-order valence-corrected chi connectivity index (χ4v) is 1.27. The van der Waals surface area contributed by atoms with Gasteiger partial charge in [-0.15, -0.1) is 0 Å². The number of anilines is 1. The molecule has 0 N–H and O–H groups in total. The summed E-state index contributed by atoms with van der Waals surface area (Å²) in [6.45, 7) is 0. The first kappa shape index (κ1) is 10.6. The third kappa shape index (κ3) is 1.73. The standard InChI is InChI=1S/C11H7N4/c1-15(2)11-9(6-13)4-3-8(5-12)10(11)7-14/h3H,1-2H3. The molecule has 0 aliphatic heterocycles.